The summed E-state index contributed by atoms with van der Waals surface area (Å²) < 4.78 is 0. The van der Waals surface area contributed by atoms with Gasteiger partial charge in [0, 0.05) is 18.2 Å². The number of hydrogen-bond donors (Lipinski definition) is 2. The Hall–Kier alpha value is -1.55. The van der Waals surface area contributed by atoms with Gasteiger partial charge in [0.15, 0.2) is 5.84 Å². The lowest BCUT2D eigenvalue weighted by Crippen LogP contribution is -2.27. The lowest BCUT2D eigenvalue weighted by molar-refractivity contribution is 0.239. The first-order valence-electron chi connectivity index (χ1n) is 7.41. The molecule has 4 nitrogen and oxygen atoms in total. The summed E-state index contributed by atoms with van der Waals surface area (Å²) in [5.41, 5.74) is 7.66. The highest BCUT2D eigenvalue weighted by molar-refractivity contribution is 5.97. The highest BCUT2D eigenvalue weighted by Crippen LogP contribution is 2.29. The quantitative estimate of drug-likeness (QED) is 0.348. The van der Waals surface area contributed by atoms with E-state index in [4.69, 9.17) is 10.9 Å². The van der Waals surface area contributed by atoms with E-state index < -0.39 is 0 Å². The standard InChI is InChI=1S/C16H25N3O/c1-12(2)8-9-19(15-6-7-15)11-13-4-3-5-14(10-13)16(17)18-20/h3-5,10,12,15,20H,6-9,11H2,1-2H3,(H2,17,18). The molecule has 0 aromatic heterocycles. The monoisotopic (exact) mass is 275 g/mol. The molecule has 4 heteroatoms. The summed E-state index contributed by atoms with van der Waals surface area (Å²) in [5.74, 6) is 0.909. The molecule has 0 spiro atoms. The number of hydrogen-bond acceptors (Lipinski definition) is 3. The summed E-state index contributed by atoms with van der Waals surface area (Å²) in [4.78, 5) is 2.56. The van der Waals surface area contributed by atoms with E-state index in [1.54, 1.807) is 0 Å². The van der Waals surface area contributed by atoms with Crippen LogP contribution in [0.1, 0.15) is 44.2 Å². The van der Waals surface area contributed by atoms with Crippen LogP contribution in [0, 0.1) is 5.92 Å². The van der Waals surface area contributed by atoms with Crippen molar-refractivity contribution in [2.24, 2.45) is 16.8 Å². The van der Waals surface area contributed by atoms with Crippen molar-refractivity contribution in [3.8, 4) is 0 Å². The van der Waals surface area contributed by atoms with Gasteiger partial charge in [0.25, 0.3) is 0 Å². The van der Waals surface area contributed by atoms with E-state index in [1.165, 1.54) is 24.8 Å². The van der Waals surface area contributed by atoms with Gasteiger partial charge in [-0.1, -0.05) is 37.2 Å². The van der Waals surface area contributed by atoms with Crippen molar-refractivity contribution < 1.29 is 5.21 Å². The molecule has 1 fully saturated rings. The average molecular weight is 275 g/mol. The number of rotatable bonds is 7. The van der Waals surface area contributed by atoms with Crippen LogP contribution in [-0.2, 0) is 6.54 Å². The third kappa shape index (κ3) is 4.23. The van der Waals surface area contributed by atoms with Crippen molar-refractivity contribution in [2.45, 2.75) is 45.7 Å². The van der Waals surface area contributed by atoms with Gasteiger partial charge in [0.05, 0.1) is 0 Å². The maximum atomic E-state index is 8.76. The molecule has 1 aromatic carbocycles. The van der Waals surface area contributed by atoms with Crippen LogP contribution < -0.4 is 5.73 Å². The Morgan fingerprint density at radius 3 is 2.80 bits per heavy atom. The normalized spacial score (nSPS) is 16.1. The van der Waals surface area contributed by atoms with E-state index >= 15 is 0 Å². The van der Waals surface area contributed by atoms with Crippen LogP contribution in [0.15, 0.2) is 29.4 Å². The zero-order valence-electron chi connectivity index (χ0n) is 12.4. The molecule has 3 N–H and O–H groups in total. The van der Waals surface area contributed by atoms with Crippen molar-refractivity contribution in [2.75, 3.05) is 6.54 Å². The van der Waals surface area contributed by atoms with E-state index in [9.17, 15) is 0 Å². The summed E-state index contributed by atoms with van der Waals surface area (Å²) in [5, 5.41) is 11.8. The molecule has 110 valence electrons. The number of oxime groups is 1. The lowest BCUT2D eigenvalue weighted by atomic mass is 10.1. The van der Waals surface area contributed by atoms with Crippen LogP contribution in [0.25, 0.3) is 0 Å². The molecule has 1 aliphatic carbocycles. The number of benzene rings is 1. The molecule has 0 heterocycles. The zero-order chi connectivity index (χ0) is 14.5. The third-order valence-electron chi connectivity index (χ3n) is 3.77. The Balaban J connectivity index is 2.02. The first-order chi connectivity index (χ1) is 9.60. The van der Waals surface area contributed by atoms with Crippen molar-refractivity contribution in [1.29, 1.82) is 0 Å². The minimum absolute atomic E-state index is 0.173. The van der Waals surface area contributed by atoms with Crippen molar-refractivity contribution in [3.63, 3.8) is 0 Å². The van der Waals surface area contributed by atoms with Gasteiger partial charge in [0.1, 0.15) is 0 Å². The molecular weight excluding hydrogens is 250 g/mol. The second kappa shape index (κ2) is 6.75. The number of amidine groups is 1. The molecule has 0 saturated heterocycles. The smallest absolute Gasteiger partial charge is 0.170 e. The van der Waals surface area contributed by atoms with Crippen LogP contribution in [-0.4, -0.2) is 28.5 Å². The molecule has 0 atom stereocenters. The number of nitrogens with two attached hydrogens (primary N) is 1. The predicted molar refractivity (Wildman–Crippen MR) is 81.8 cm³/mol. The fourth-order valence-electron chi connectivity index (χ4n) is 2.38. The summed E-state index contributed by atoms with van der Waals surface area (Å²) in [6, 6.07) is 8.71. The Kier molecular flexibility index (Phi) is 5.01. The highest BCUT2D eigenvalue weighted by atomic mass is 16.4. The first-order valence-corrected chi connectivity index (χ1v) is 7.41. The van der Waals surface area contributed by atoms with Gasteiger partial charge < -0.3 is 10.9 Å². The van der Waals surface area contributed by atoms with E-state index in [2.05, 4.69) is 30.0 Å². The zero-order valence-corrected chi connectivity index (χ0v) is 12.4. The van der Waals surface area contributed by atoms with Crippen molar-refractivity contribution in [3.05, 3.63) is 35.4 Å². The average Bonchev–Trinajstić information content (AvgIpc) is 3.27. The van der Waals surface area contributed by atoms with Crippen LogP contribution >= 0.6 is 0 Å². The van der Waals surface area contributed by atoms with Gasteiger partial charge in [-0.15, -0.1) is 0 Å². The van der Waals surface area contributed by atoms with Crippen LogP contribution in [0.2, 0.25) is 0 Å². The minimum Gasteiger partial charge on any atom is -0.409 e. The fourth-order valence-corrected chi connectivity index (χ4v) is 2.38. The number of nitrogens with zero attached hydrogens (tertiary/aromatic N) is 2. The van der Waals surface area contributed by atoms with Gasteiger partial charge in [0.2, 0.25) is 0 Å². The third-order valence-corrected chi connectivity index (χ3v) is 3.77. The minimum atomic E-state index is 0.173. The Labute approximate surface area is 121 Å². The molecule has 0 radical (unpaired) electrons. The SMILES string of the molecule is CC(C)CCN(Cc1cccc(/C(N)=N/O)c1)C1CC1. The van der Waals surface area contributed by atoms with Crippen LogP contribution in [0.3, 0.4) is 0 Å². The molecule has 1 saturated carbocycles. The van der Waals surface area contributed by atoms with Gasteiger partial charge in [-0.2, -0.15) is 0 Å². The predicted octanol–water partition coefficient (Wildman–Crippen LogP) is 2.79. The molecule has 1 aromatic rings. The summed E-state index contributed by atoms with van der Waals surface area (Å²) in [6.07, 6.45) is 3.87. The molecule has 2 rings (SSSR count). The fraction of sp³-hybridized carbons (Fsp3) is 0.562. The van der Waals surface area contributed by atoms with Gasteiger partial charge in [-0.25, -0.2) is 0 Å². The Morgan fingerprint density at radius 1 is 1.45 bits per heavy atom. The summed E-state index contributed by atoms with van der Waals surface area (Å²) in [7, 11) is 0. The Bertz CT molecular complexity index is 467. The van der Waals surface area contributed by atoms with Gasteiger partial charge >= 0.3 is 0 Å². The molecule has 1 aliphatic rings. The van der Waals surface area contributed by atoms with E-state index in [0.717, 1.165) is 30.6 Å². The van der Waals surface area contributed by atoms with E-state index in [-0.39, 0.29) is 5.84 Å². The van der Waals surface area contributed by atoms with Gasteiger partial charge in [-0.3, -0.25) is 4.90 Å². The summed E-state index contributed by atoms with van der Waals surface area (Å²) >= 11 is 0. The summed E-state index contributed by atoms with van der Waals surface area (Å²) in [6.45, 7) is 6.63. The highest BCUT2D eigenvalue weighted by Gasteiger charge is 2.28. The molecule has 0 aliphatic heterocycles. The molecular formula is C16H25N3O. The van der Waals surface area contributed by atoms with E-state index in [0.29, 0.717) is 0 Å². The van der Waals surface area contributed by atoms with E-state index in [1.807, 2.05) is 18.2 Å². The van der Waals surface area contributed by atoms with Crippen molar-refractivity contribution in [1.82, 2.24) is 4.90 Å². The topological polar surface area (TPSA) is 61.8 Å². The molecule has 20 heavy (non-hydrogen) atoms. The molecule has 0 bridgehead atoms. The maximum Gasteiger partial charge on any atom is 0.170 e. The largest absolute Gasteiger partial charge is 0.409 e. The second-order valence-electron chi connectivity index (χ2n) is 6.07. The maximum absolute atomic E-state index is 8.76. The molecule has 0 amide bonds. The second-order valence-corrected chi connectivity index (χ2v) is 6.07. The van der Waals surface area contributed by atoms with Gasteiger partial charge in [-0.05, 0) is 43.4 Å². The lowest BCUT2D eigenvalue weighted by Gasteiger charge is -2.23. The van der Waals surface area contributed by atoms with Crippen LogP contribution in [0.4, 0.5) is 0 Å². The first kappa shape index (κ1) is 14.9. The van der Waals surface area contributed by atoms with Crippen LogP contribution in [0.5, 0.6) is 0 Å². The van der Waals surface area contributed by atoms with Crippen molar-refractivity contribution >= 4 is 5.84 Å². The molecule has 0 unspecified atom stereocenters. The Morgan fingerprint density at radius 2 is 2.20 bits per heavy atom.